The van der Waals surface area contributed by atoms with E-state index >= 15 is 0 Å². The number of benzene rings is 1. The average molecular weight is 340 g/mol. The molecule has 0 fully saturated rings. The smallest absolute Gasteiger partial charge is 0.148 e. The van der Waals surface area contributed by atoms with E-state index in [-0.39, 0.29) is 5.82 Å². The minimum atomic E-state index is -0.322. The Bertz CT molecular complexity index is 661. The molecule has 1 aromatic heterocycles. The van der Waals surface area contributed by atoms with E-state index in [1.54, 1.807) is 20.0 Å². The van der Waals surface area contributed by atoms with Gasteiger partial charge in [0.25, 0.3) is 0 Å². The van der Waals surface area contributed by atoms with Crippen LogP contribution in [0, 0.1) is 26.6 Å². The van der Waals surface area contributed by atoms with Crippen molar-refractivity contribution >= 4 is 27.4 Å². The van der Waals surface area contributed by atoms with Gasteiger partial charge >= 0.3 is 0 Å². The predicted molar refractivity (Wildman–Crippen MR) is 80.2 cm³/mol. The first-order valence-corrected chi connectivity index (χ1v) is 6.83. The Morgan fingerprint density at radius 2 is 1.95 bits per heavy atom. The largest absolute Gasteiger partial charge is 0.496 e. The van der Waals surface area contributed by atoms with Crippen LogP contribution < -0.4 is 10.1 Å². The average Bonchev–Trinajstić information content (AvgIpc) is 2.42. The van der Waals surface area contributed by atoms with Crippen molar-refractivity contribution in [1.82, 2.24) is 9.97 Å². The van der Waals surface area contributed by atoms with Crippen molar-refractivity contribution in [3.63, 3.8) is 0 Å². The number of anilines is 2. The zero-order valence-electron chi connectivity index (χ0n) is 11.7. The molecule has 0 aliphatic heterocycles. The van der Waals surface area contributed by atoms with E-state index in [1.165, 1.54) is 13.2 Å². The molecule has 0 radical (unpaired) electrons. The fourth-order valence-electron chi connectivity index (χ4n) is 1.92. The maximum Gasteiger partial charge on any atom is 0.148 e. The Morgan fingerprint density at radius 3 is 2.60 bits per heavy atom. The van der Waals surface area contributed by atoms with Crippen molar-refractivity contribution in [2.24, 2.45) is 0 Å². The van der Waals surface area contributed by atoms with E-state index in [4.69, 9.17) is 4.74 Å². The molecule has 2 aromatic rings. The number of nitrogens with zero attached hydrogens (tertiary/aromatic N) is 2. The fraction of sp³-hybridized carbons (Fsp3) is 0.286. The molecule has 1 aromatic carbocycles. The first kappa shape index (κ1) is 14.7. The molecular weight excluding hydrogens is 325 g/mol. The third-order valence-electron chi connectivity index (χ3n) is 3.06. The van der Waals surface area contributed by atoms with Gasteiger partial charge < -0.3 is 10.1 Å². The number of hydrogen-bond donors (Lipinski definition) is 1. The standard InChI is InChI=1S/C14H15BrFN3O/c1-7-11(16)5-12(20-4)8(2)13(7)19-14-10(15)6-17-9(3)18-14/h5-6H,1-4H3,(H,17,18,19). The van der Waals surface area contributed by atoms with E-state index in [9.17, 15) is 4.39 Å². The number of ether oxygens (including phenoxy) is 1. The van der Waals surface area contributed by atoms with Crippen LogP contribution in [0.15, 0.2) is 16.7 Å². The van der Waals surface area contributed by atoms with Gasteiger partial charge in [0.15, 0.2) is 0 Å². The number of hydrogen-bond acceptors (Lipinski definition) is 4. The number of halogens is 2. The summed E-state index contributed by atoms with van der Waals surface area (Å²) in [5.74, 6) is 1.40. The maximum absolute atomic E-state index is 13.9. The Kier molecular flexibility index (Phi) is 4.23. The van der Waals surface area contributed by atoms with Gasteiger partial charge in [-0.2, -0.15) is 0 Å². The van der Waals surface area contributed by atoms with Crippen molar-refractivity contribution in [3.05, 3.63) is 39.5 Å². The summed E-state index contributed by atoms with van der Waals surface area (Å²) in [4.78, 5) is 8.38. The molecule has 0 bridgehead atoms. The highest BCUT2D eigenvalue weighted by atomic mass is 79.9. The molecule has 1 heterocycles. The minimum absolute atomic E-state index is 0.322. The first-order valence-electron chi connectivity index (χ1n) is 6.04. The Balaban J connectivity index is 2.53. The van der Waals surface area contributed by atoms with Gasteiger partial charge in [-0.15, -0.1) is 0 Å². The molecule has 1 N–H and O–H groups in total. The molecule has 106 valence electrons. The molecule has 0 amide bonds. The molecule has 4 nitrogen and oxygen atoms in total. The number of methoxy groups -OCH3 is 1. The van der Waals surface area contributed by atoms with Crippen LogP contribution in [0.5, 0.6) is 5.75 Å². The third kappa shape index (κ3) is 2.75. The lowest BCUT2D eigenvalue weighted by molar-refractivity contribution is 0.408. The fourth-order valence-corrected chi connectivity index (χ4v) is 2.21. The van der Waals surface area contributed by atoms with Crippen LogP contribution in [0.4, 0.5) is 15.9 Å². The second kappa shape index (κ2) is 5.75. The Labute approximate surface area is 125 Å². The van der Waals surface area contributed by atoms with E-state index < -0.39 is 0 Å². The number of aromatic nitrogens is 2. The third-order valence-corrected chi connectivity index (χ3v) is 3.64. The molecule has 2 rings (SSSR count). The lowest BCUT2D eigenvalue weighted by Crippen LogP contribution is -2.04. The number of nitrogens with one attached hydrogen (secondary N) is 1. The molecule has 0 aliphatic rings. The van der Waals surface area contributed by atoms with Crippen molar-refractivity contribution < 1.29 is 9.13 Å². The molecular formula is C14H15BrFN3O. The Morgan fingerprint density at radius 1 is 1.25 bits per heavy atom. The molecule has 0 aliphatic carbocycles. The van der Waals surface area contributed by atoms with Crippen molar-refractivity contribution in [3.8, 4) is 5.75 Å². The highest BCUT2D eigenvalue weighted by Gasteiger charge is 2.15. The molecule has 0 atom stereocenters. The van der Waals surface area contributed by atoms with Gasteiger partial charge in [-0.25, -0.2) is 14.4 Å². The van der Waals surface area contributed by atoms with Gasteiger partial charge in [0.1, 0.15) is 23.2 Å². The van der Waals surface area contributed by atoms with Crippen LogP contribution in [0.2, 0.25) is 0 Å². The van der Waals surface area contributed by atoms with Gasteiger partial charge in [0.2, 0.25) is 0 Å². The summed E-state index contributed by atoms with van der Waals surface area (Å²) in [5.41, 5.74) is 2.00. The lowest BCUT2D eigenvalue weighted by atomic mass is 10.1. The molecule has 6 heteroatoms. The summed E-state index contributed by atoms with van der Waals surface area (Å²) in [6.45, 7) is 5.38. The summed E-state index contributed by atoms with van der Waals surface area (Å²) in [6.07, 6.45) is 1.66. The normalized spacial score (nSPS) is 10.5. The summed E-state index contributed by atoms with van der Waals surface area (Å²) >= 11 is 3.38. The van der Waals surface area contributed by atoms with Gasteiger partial charge in [-0.3, -0.25) is 0 Å². The quantitative estimate of drug-likeness (QED) is 0.916. The van der Waals surface area contributed by atoms with E-state index in [0.717, 1.165) is 5.56 Å². The van der Waals surface area contributed by atoms with Gasteiger partial charge in [-0.1, -0.05) is 0 Å². The predicted octanol–water partition coefficient (Wildman–Crippen LogP) is 4.06. The molecule has 20 heavy (non-hydrogen) atoms. The van der Waals surface area contributed by atoms with Crippen molar-refractivity contribution in [2.75, 3.05) is 12.4 Å². The van der Waals surface area contributed by atoms with Crippen LogP contribution in [-0.2, 0) is 0 Å². The molecule has 0 unspecified atom stereocenters. The molecule has 0 spiro atoms. The highest BCUT2D eigenvalue weighted by molar-refractivity contribution is 9.10. The van der Waals surface area contributed by atoms with Gasteiger partial charge in [0, 0.05) is 23.4 Å². The minimum Gasteiger partial charge on any atom is -0.496 e. The van der Waals surface area contributed by atoms with Crippen LogP contribution >= 0.6 is 15.9 Å². The van der Waals surface area contributed by atoms with Crippen LogP contribution in [-0.4, -0.2) is 17.1 Å². The van der Waals surface area contributed by atoms with Crippen molar-refractivity contribution in [2.45, 2.75) is 20.8 Å². The van der Waals surface area contributed by atoms with Gasteiger partial charge in [0.05, 0.1) is 17.3 Å². The summed E-state index contributed by atoms with van der Waals surface area (Å²) in [5, 5.41) is 3.15. The van der Waals surface area contributed by atoms with E-state index in [2.05, 4.69) is 31.2 Å². The zero-order valence-corrected chi connectivity index (χ0v) is 13.3. The number of rotatable bonds is 3. The van der Waals surface area contributed by atoms with Crippen LogP contribution in [0.3, 0.4) is 0 Å². The zero-order chi connectivity index (χ0) is 14.9. The van der Waals surface area contributed by atoms with Gasteiger partial charge in [-0.05, 0) is 36.7 Å². The summed E-state index contributed by atoms with van der Waals surface area (Å²) in [7, 11) is 1.52. The van der Waals surface area contributed by atoms with E-state index in [0.29, 0.717) is 33.1 Å². The topological polar surface area (TPSA) is 47.0 Å². The second-order valence-electron chi connectivity index (χ2n) is 4.42. The summed E-state index contributed by atoms with van der Waals surface area (Å²) in [6, 6.07) is 1.39. The monoisotopic (exact) mass is 339 g/mol. The van der Waals surface area contributed by atoms with Crippen LogP contribution in [0.25, 0.3) is 0 Å². The van der Waals surface area contributed by atoms with Crippen molar-refractivity contribution in [1.29, 1.82) is 0 Å². The number of aryl methyl sites for hydroxylation is 1. The van der Waals surface area contributed by atoms with Crippen LogP contribution in [0.1, 0.15) is 17.0 Å². The highest BCUT2D eigenvalue weighted by Crippen LogP contribution is 2.34. The second-order valence-corrected chi connectivity index (χ2v) is 5.28. The maximum atomic E-state index is 13.9. The molecule has 0 saturated carbocycles. The van der Waals surface area contributed by atoms with E-state index in [1.807, 2.05) is 6.92 Å². The SMILES string of the molecule is COc1cc(F)c(C)c(Nc2nc(C)ncc2Br)c1C. The lowest BCUT2D eigenvalue weighted by Gasteiger charge is -2.16. The first-order chi connectivity index (χ1) is 9.43. The summed E-state index contributed by atoms with van der Waals surface area (Å²) < 4.78 is 19.8. The Hall–Kier alpha value is -1.69. The molecule has 0 saturated heterocycles.